The number of hydrogen-bond donors (Lipinski definition) is 1. The molecule has 0 aliphatic heterocycles. The molecule has 18 heavy (non-hydrogen) atoms. The summed E-state index contributed by atoms with van der Waals surface area (Å²) in [6, 6.07) is 6.50. The zero-order valence-electron chi connectivity index (χ0n) is 10.0. The quantitative estimate of drug-likeness (QED) is 0.923. The van der Waals surface area contributed by atoms with Gasteiger partial charge in [-0.3, -0.25) is 4.98 Å². The Morgan fingerprint density at radius 1 is 1.33 bits per heavy atom. The number of pyridine rings is 1. The van der Waals surface area contributed by atoms with Crippen molar-refractivity contribution in [3.8, 4) is 0 Å². The molecule has 0 spiro atoms. The minimum absolute atomic E-state index is 0.127. The van der Waals surface area contributed by atoms with Crippen molar-refractivity contribution in [3.05, 3.63) is 64.2 Å². The average Bonchev–Trinajstić information content (AvgIpc) is 2.34. The first-order valence-electron chi connectivity index (χ1n) is 5.67. The van der Waals surface area contributed by atoms with Crippen molar-refractivity contribution in [1.82, 2.24) is 4.98 Å². The Bertz CT molecular complexity index is 557. The van der Waals surface area contributed by atoms with Crippen LogP contribution in [-0.2, 0) is 6.42 Å². The summed E-state index contributed by atoms with van der Waals surface area (Å²) in [6.45, 7) is 1.97. The van der Waals surface area contributed by atoms with E-state index in [2.05, 4.69) is 4.98 Å². The van der Waals surface area contributed by atoms with E-state index in [0.717, 1.165) is 16.7 Å². The molecule has 0 aliphatic rings. The van der Waals surface area contributed by atoms with Gasteiger partial charge in [-0.1, -0.05) is 23.7 Å². The van der Waals surface area contributed by atoms with Crippen LogP contribution in [0.3, 0.4) is 0 Å². The number of rotatable bonds is 3. The average molecular weight is 265 g/mol. The minimum atomic E-state index is -0.411. The summed E-state index contributed by atoms with van der Waals surface area (Å²) < 4.78 is 13.0. The summed E-state index contributed by atoms with van der Waals surface area (Å²) in [5.41, 5.74) is 9.06. The predicted molar refractivity (Wildman–Crippen MR) is 71.0 cm³/mol. The molecule has 94 valence electrons. The Kier molecular flexibility index (Phi) is 3.94. The maximum absolute atomic E-state index is 13.0. The van der Waals surface area contributed by atoms with Gasteiger partial charge in [-0.05, 0) is 42.2 Å². The van der Waals surface area contributed by atoms with E-state index in [1.54, 1.807) is 24.5 Å². The molecule has 2 aromatic rings. The molecule has 0 saturated carbocycles. The van der Waals surface area contributed by atoms with Gasteiger partial charge in [0.1, 0.15) is 5.82 Å². The lowest BCUT2D eigenvalue weighted by Gasteiger charge is -2.12. The van der Waals surface area contributed by atoms with E-state index in [-0.39, 0.29) is 11.1 Å². The van der Waals surface area contributed by atoms with Gasteiger partial charge in [0.25, 0.3) is 0 Å². The number of nitrogens with two attached hydrogens (primary N) is 1. The zero-order valence-corrected chi connectivity index (χ0v) is 10.8. The third kappa shape index (κ3) is 3.06. The highest BCUT2D eigenvalue weighted by atomic mass is 35.5. The molecule has 1 unspecified atom stereocenters. The first-order valence-corrected chi connectivity index (χ1v) is 6.05. The Balaban J connectivity index is 2.16. The number of benzene rings is 1. The van der Waals surface area contributed by atoms with Gasteiger partial charge in [0.2, 0.25) is 0 Å². The molecule has 0 bridgehead atoms. The van der Waals surface area contributed by atoms with E-state index in [9.17, 15) is 4.39 Å². The third-order valence-corrected chi connectivity index (χ3v) is 3.05. The summed E-state index contributed by atoms with van der Waals surface area (Å²) in [7, 11) is 0. The minimum Gasteiger partial charge on any atom is -0.324 e. The van der Waals surface area contributed by atoms with Gasteiger partial charge in [-0.15, -0.1) is 0 Å². The maximum atomic E-state index is 13.0. The van der Waals surface area contributed by atoms with Crippen molar-refractivity contribution in [2.75, 3.05) is 0 Å². The van der Waals surface area contributed by atoms with E-state index in [1.807, 2.05) is 13.0 Å². The zero-order chi connectivity index (χ0) is 13.1. The monoisotopic (exact) mass is 264 g/mol. The first-order chi connectivity index (χ1) is 8.56. The normalized spacial score (nSPS) is 12.4. The largest absolute Gasteiger partial charge is 0.324 e. The molecule has 2 nitrogen and oxygen atoms in total. The highest BCUT2D eigenvalue weighted by Crippen LogP contribution is 2.20. The van der Waals surface area contributed by atoms with E-state index in [4.69, 9.17) is 17.3 Å². The van der Waals surface area contributed by atoms with E-state index in [1.165, 1.54) is 6.07 Å². The van der Waals surface area contributed by atoms with Gasteiger partial charge in [-0.25, -0.2) is 4.39 Å². The molecule has 1 atom stereocenters. The van der Waals surface area contributed by atoms with Crippen LogP contribution in [0.5, 0.6) is 0 Å². The van der Waals surface area contributed by atoms with Gasteiger partial charge in [0, 0.05) is 18.4 Å². The molecular weight excluding hydrogens is 251 g/mol. The number of halogens is 2. The summed E-state index contributed by atoms with van der Waals surface area (Å²) in [4.78, 5) is 4.11. The fourth-order valence-corrected chi connectivity index (χ4v) is 2.02. The molecule has 0 aliphatic carbocycles. The molecule has 0 radical (unpaired) electrons. The van der Waals surface area contributed by atoms with E-state index >= 15 is 0 Å². The van der Waals surface area contributed by atoms with Crippen LogP contribution in [0.2, 0.25) is 5.02 Å². The van der Waals surface area contributed by atoms with Crippen LogP contribution in [0.4, 0.5) is 4.39 Å². The number of nitrogens with zero attached hydrogens (tertiary/aromatic N) is 1. The van der Waals surface area contributed by atoms with E-state index < -0.39 is 5.82 Å². The predicted octanol–water partition coefficient (Wildman–Crippen LogP) is 3.43. The smallest absolute Gasteiger partial charge is 0.141 e. The van der Waals surface area contributed by atoms with Crippen LogP contribution >= 0.6 is 11.6 Å². The lowest BCUT2D eigenvalue weighted by molar-refractivity contribution is 0.626. The van der Waals surface area contributed by atoms with Crippen LogP contribution in [0.1, 0.15) is 22.7 Å². The highest BCUT2D eigenvalue weighted by molar-refractivity contribution is 6.30. The Morgan fingerprint density at radius 3 is 2.78 bits per heavy atom. The third-order valence-electron chi connectivity index (χ3n) is 2.76. The van der Waals surface area contributed by atoms with Gasteiger partial charge in [0.15, 0.2) is 0 Å². The van der Waals surface area contributed by atoms with Crippen LogP contribution in [0, 0.1) is 12.7 Å². The number of aryl methyl sites for hydroxylation is 1. The van der Waals surface area contributed by atoms with Crippen molar-refractivity contribution in [2.24, 2.45) is 5.73 Å². The SMILES string of the molecule is Cc1cncc(C(N)Cc2ccc(F)c(Cl)c2)c1. The summed E-state index contributed by atoms with van der Waals surface area (Å²) in [5, 5.41) is 0.127. The van der Waals surface area contributed by atoms with Crippen molar-refractivity contribution < 1.29 is 4.39 Å². The molecule has 0 amide bonds. The highest BCUT2D eigenvalue weighted by Gasteiger charge is 2.09. The molecule has 4 heteroatoms. The molecule has 0 fully saturated rings. The number of hydrogen-bond acceptors (Lipinski definition) is 2. The van der Waals surface area contributed by atoms with Gasteiger partial charge in [-0.2, -0.15) is 0 Å². The molecule has 0 saturated heterocycles. The maximum Gasteiger partial charge on any atom is 0.141 e. The summed E-state index contributed by atoms with van der Waals surface area (Å²) in [5.74, 6) is -0.411. The molecule has 1 heterocycles. The molecule has 1 aromatic heterocycles. The van der Waals surface area contributed by atoms with Crippen molar-refractivity contribution in [1.29, 1.82) is 0 Å². The molecule has 2 N–H and O–H groups in total. The second kappa shape index (κ2) is 5.46. The summed E-state index contributed by atoms with van der Waals surface area (Å²) >= 11 is 5.74. The fraction of sp³-hybridized carbons (Fsp3) is 0.214. The lowest BCUT2D eigenvalue weighted by Crippen LogP contribution is -2.13. The van der Waals surface area contributed by atoms with Gasteiger partial charge >= 0.3 is 0 Å². The van der Waals surface area contributed by atoms with Crippen LogP contribution in [-0.4, -0.2) is 4.98 Å². The Labute approximate surface area is 111 Å². The molecule has 2 rings (SSSR count). The van der Waals surface area contributed by atoms with Crippen LogP contribution in [0.15, 0.2) is 36.7 Å². The topological polar surface area (TPSA) is 38.9 Å². The molecule has 1 aromatic carbocycles. The molecular formula is C14H14ClFN2. The van der Waals surface area contributed by atoms with Gasteiger partial charge in [0.05, 0.1) is 5.02 Å². The van der Waals surface area contributed by atoms with Crippen LogP contribution in [0.25, 0.3) is 0 Å². The van der Waals surface area contributed by atoms with Crippen LogP contribution < -0.4 is 5.73 Å². The Morgan fingerprint density at radius 2 is 2.11 bits per heavy atom. The Hall–Kier alpha value is -1.45. The second-order valence-electron chi connectivity index (χ2n) is 4.35. The van der Waals surface area contributed by atoms with Crippen molar-refractivity contribution in [3.63, 3.8) is 0 Å². The first kappa shape index (κ1) is 13.0. The second-order valence-corrected chi connectivity index (χ2v) is 4.76. The van der Waals surface area contributed by atoms with E-state index in [0.29, 0.717) is 6.42 Å². The van der Waals surface area contributed by atoms with Gasteiger partial charge < -0.3 is 5.73 Å². The summed E-state index contributed by atoms with van der Waals surface area (Å²) in [6.07, 6.45) is 4.14. The fourth-order valence-electron chi connectivity index (χ4n) is 1.82. The van der Waals surface area contributed by atoms with Crippen molar-refractivity contribution >= 4 is 11.6 Å². The van der Waals surface area contributed by atoms with Crippen molar-refractivity contribution in [2.45, 2.75) is 19.4 Å². The lowest BCUT2D eigenvalue weighted by atomic mass is 10.0. The standard InChI is InChI=1S/C14H14ClFN2/c1-9-4-11(8-18-7-9)14(17)6-10-2-3-13(16)12(15)5-10/h2-5,7-8,14H,6,17H2,1H3. The number of aromatic nitrogens is 1.